The maximum atomic E-state index is 9.08. The number of aryl methyl sites for hydroxylation is 1. The van der Waals surface area contributed by atoms with Gasteiger partial charge in [-0.15, -0.1) is 0 Å². The molecule has 1 aliphatic rings. The lowest BCUT2D eigenvalue weighted by Gasteiger charge is -2.24. The molecule has 3 N–H and O–H groups in total. The van der Waals surface area contributed by atoms with Gasteiger partial charge in [-0.25, -0.2) is 0 Å². The van der Waals surface area contributed by atoms with Crippen molar-refractivity contribution in [2.24, 2.45) is 5.73 Å². The van der Waals surface area contributed by atoms with E-state index in [0.717, 1.165) is 6.54 Å². The Hall–Kier alpha value is -1.06. The highest BCUT2D eigenvalue weighted by Crippen LogP contribution is 2.32. The molecule has 0 aliphatic heterocycles. The molecule has 3 nitrogen and oxygen atoms in total. The van der Waals surface area contributed by atoms with Gasteiger partial charge in [0, 0.05) is 24.8 Å². The minimum Gasteiger partial charge on any atom is -0.395 e. The van der Waals surface area contributed by atoms with Crippen molar-refractivity contribution in [2.75, 3.05) is 18.1 Å². The summed E-state index contributed by atoms with van der Waals surface area (Å²) in [5.41, 5.74) is 9.31. The predicted octanol–water partition coefficient (Wildman–Crippen LogP) is 1.41. The summed E-state index contributed by atoms with van der Waals surface area (Å²) in [5, 5.41) is 9.08. The number of benzene rings is 1. The molecule has 0 heterocycles. The zero-order valence-corrected chi connectivity index (χ0v) is 9.82. The van der Waals surface area contributed by atoms with E-state index in [4.69, 9.17) is 10.8 Å². The Morgan fingerprint density at radius 2 is 2.19 bits per heavy atom. The van der Waals surface area contributed by atoms with Gasteiger partial charge in [0.2, 0.25) is 0 Å². The number of aliphatic hydroxyl groups excluding tert-OH is 1. The van der Waals surface area contributed by atoms with Crippen LogP contribution < -0.4 is 10.6 Å². The Balaban J connectivity index is 2.20. The lowest BCUT2D eigenvalue weighted by molar-refractivity contribution is 0.301. The monoisotopic (exact) mass is 220 g/mol. The first-order valence-electron chi connectivity index (χ1n) is 5.93. The topological polar surface area (TPSA) is 49.5 Å². The van der Waals surface area contributed by atoms with Crippen molar-refractivity contribution in [1.29, 1.82) is 0 Å². The van der Waals surface area contributed by atoms with Crippen LogP contribution in [0, 0.1) is 6.92 Å². The first-order chi connectivity index (χ1) is 7.76. The van der Waals surface area contributed by atoms with Gasteiger partial charge in [0.15, 0.2) is 0 Å². The van der Waals surface area contributed by atoms with E-state index in [2.05, 4.69) is 30.0 Å². The van der Waals surface area contributed by atoms with Crippen LogP contribution in [0.15, 0.2) is 18.2 Å². The largest absolute Gasteiger partial charge is 0.395 e. The van der Waals surface area contributed by atoms with Crippen molar-refractivity contribution in [3.63, 3.8) is 0 Å². The molecule has 1 saturated carbocycles. The lowest BCUT2D eigenvalue weighted by atomic mass is 10.1. The first kappa shape index (κ1) is 11.4. The maximum absolute atomic E-state index is 9.08. The van der Waals surface area contributed by atoms with Crippen LogP contribution in [0.2, 0.25) is 0 Å². The quantitative estimate of drug-likeness (QED) is 0.789. The van der Waals surface area contributed by atoms with Gasteiger partial charge in [-0.2, -0.15) is 0 Å². The molecule has 16 heavy (non-hydrogen) atoms. The van der Waals surface area contributed by atoms with Crippen LogP contribution in [-0.4, -0.2) is 24.3 Å². The van der Waals surface area contributed by atoms with E-state index in [1.165, 1.54) is 29.7 Å². The fourth-order valence-corrected chi connectivity index (χ4v) is 2.10. The highest BCUT2D eigenvalue weighted by molar-refractivity contribution is 5.52. The number of nitrogens with zero attached hydrogens (tertiary/aromatic N) is 1. The molecule has 88 valence electrons. The molecule has 1 fully saturated rings. The van der Waals surface area contributed by atoms with E-state index in [1.54, 1.807) is 0 Å². The SMILES string of the molecule is Cc1cc(N(CCO)C2CC2)ccc1CN. The summed E-state index contributed by atoms with van der Waals surface area (Å²) >= 11 is 0. The molecule has 0 bridgehead atoms. The fourth-order valence-electron chi connectivity index (χ4n) is 2.10. The van der Waals surface area contributed by atoms with Crippen molar-refractivity contribution in [1.82, 2.24) is 0 Å². The summed E-state index contributed by atoms with van der Waals surface area (Å²) in [7, 11) is 0. The van der Waals surface area contributed by atoms with Crippen LogP contribution in [0.1, 0.15) is 24.0 Å². The van der Waals surface area contributed by atoms with Gasteiger partial charge >= 0.3 is 0 Å². The molecule has 0 spiro atoms. The van der Waals surface area contributed by atoms with E-state index in [0.29, 0.717) is 12.6 Å². The normalized spacial score (nSPS) is 15.2. The Morgan fingerprint density at radius 3 is 2.69 bits per heavy atom. The summed E-state index contributed by atoms with van der Waals surface area (Å²) in [6.45, 7) is 3.63. The van der Waals surface area contributed by atoms with Crippen LogP contribution in [-0.2, 0) is 6.54 Å². The molecule has 2 rings (SSSR count). The third-order valence-corrected chi connectivity index (χ3v) is 3.21. The number of anilines is 1. The van der Waals surface area contributed by atoms with Gasteiger partial charge in [-0.1, -0.05) is 6.07 Å². The van der Waals surface area contributed by atoms with E-state index < -0.39 is 0 Å². The van der Waals surface area contributed by atoms with Crippen molar-refractivity contribution < 1.29 is 5.11 Å². The Kier molecular flexibility index (Phi) is 3.46. The molecule has 3 heteroatoms. The molecule has 1 aliphatic carbocycles. The lowest BCUT2D eigenvalue weighted by Crippen LogP contribution is -2.28. The third-order valence-electron chi connectivity index (χ3n) is 3.21. The minimum atomic E-state index is 0.216. The molecule has 0 amide bonds. The second kappa shape index (κ2) is 4.85. The molecule has 0 radical (unpaired) electrons. The number of nitrogens with two attached hydrogens (primary N) is 1. The molecule has 0 aromatic heterocycles. The van der Waals surface area contributed by atoms with Crippen molar-refractivity contribution >= 4 is 5.69 Å². The number of rotatable bonds is 5. The predicted molar refractivity (Wildman–Crippen MR) is 66.5 cm³/mol. The smallest absolute Gasteiger partial charge is 0.0606 e. The van der Waals surface area contributed by atoms with Crippen molar-refractivity contribution in [3.05, 3.63) is 29.3 Å². The summed E-state index contributed by atoms with van der Waals surface area (Å²) < 4.78 is 0. The zero-order chi connectivity index (χ0) is 11.5. The van der Waals surface area contributed by atoms with Crippen LogP contribution in [0.3, 0.4) is 0 Å². The molecule has 1 aromatic rings. The standard InChI is InChI=1S/C13H20N2O/c1-10-8-13(3-2-11(10)9-14)15(6-7-16)12-4-5-12/h2-3,8,12,16H,4-7,9,14H2,1H3. The molecule has 0 unspecified atom stereocenters. The van der Waals surface area contributed by atoms with Crippen LogP contribution in [0.25, 0.3) is 0 Å². The van der Waals surface area contributed by atoms with Gasteiger partial charge < -0.3 is 15.7 Å². The Bertz CT molecular complexity index is 361. The molecular weight excluding hydrogens is 200 g/mol. The van der Waals surface area contributed by atoms with Crippen LogP contribution >= 0.6 is 0 Å². The average molecular weight is 220 g/mol. The summed E-state index contributed by atoms with van der Waals surface area (Å²) in [4.78, 5) is 2.30. The van der Waals surface area contributed by atoms with Gasteiger partial charge in [0.25, 0.3) is 0 Å². The van der Waals surface area contributed by atoms with E-state index in [1.807, 2.05) is 0 Å². The minimum absolute atomic E-state index is 0.216. The second-order valence-electron chi connectivity index (χ2n) is 4.46. The fraction of sp³-hybridized carbons (Fsp3) is 0.538. The summed E-state index contributed by atoms with van der Waals surface area (Å²) in [6, 6.07) is 7.02. The van der Waals surface area contributed by atoms with E-state index in [9.17, 15) is 0 Å². The summed E-state index contributed by atoms with van der Waals surface area (Å²) in [5.74, 6) is 0. The zero-order valence-electron chi connectivity index (χ0n) is 9.82. The highest BCUT2D eigenvalue weighted by atomic mass is 16.3. The Morgan fingerprint density at radius 1 is 1.44 bits per heavy atom. The van der Waals surface area contributed by atoms with E-state index >= 15 is 0 Å². The van der Waals surface area contributed by atoms with Gasteiger partial charge in [0.05, 0.1) is 6.61 Å². The Labute approximate surface area is 96.9 Å². The second-order valence-corrected chi connectivity index (χ2v) is 4.46. The van der Waals surface area contributed by atoms with E-state index in [-0.39, 0.29) is 6.61 Å². The maximum Gasteiger partial charge on any atom is 0.0606 e. The number of hydrogen-bond donors (Lipinski definition) is 2. The highest BCUT2D eigenvalue weighted by Gasteiger charge is 2.28. The van der Waals surface area contributed by atoms with Crippen LogP contribution in [0.4, 0.5) is 5.69 Å². The molecule has 0 atom stereocenters. The van der Waals surface area contributed by atoms with Crippen molar-refractivity contribution in [2.45, 2.75) is 32.4 Å². The van der Waals surface area contributed by atoms with Gasteiger partial charge in [-0.3, -0.25) is 0 Å². The number of hydrogen-bond acceptors (Lipinski definition) is 3. The molecule has 1 aromatic carbocycles. The molecule has 0 saturated heterocycles. The number of aliphatic hydroxyl groups is 1. The molecular formula is C13H20N2O. The first-order valence-corrected chi connectivity index (χ1v) is 5.93. The van der Waals surface area contributed by atoms with Crippen molar-refractivity contribution in [3.8, 4) is 0 Å². The van der Waals surface area contributed by atoms with Gasteiger partial charge in [-0.05, 0) is 43.0 Å². The van der Waals surface area contributed by atoms with Crippen LogP contribution in [0.5, 0.6) is 0 Å². The summed E-state index contributed by atoms with van der Waals surface area (Å²) in [6.07, 6.45) is 2.50. The van der Waals surface area contributed by atoms with Gasteiger partial charge in [0.1, 0.15) is 0 Å². The third kappa shape index (κ3) is 2.36. The average Bonchev–Trinajstić information content (AvgIpc) is 3.09.